The summed E-state index contributed by atoms with van der Waals surface area (Å²) in [5.74, 6) is 0. The van der Waals surface area contributed by atoms with Gasteiger partial charge >= 0.3 is 0 Å². The molecule has 0 bridgehead atoms. The smallest absolute Gasteiger partial charge is 0.109 e. The lowest BCUT2D eigenvalue weighted by molar-refractivity contribution is -0.0493. The molecule has 0 saturated heterocycles. The number of hydrogen-bond acceptors (Lipinski definition) is 3. The number of aromatic nitrogens is 2. The van der Waals surface area contributed by atoms with Gasteiger partial charge < -0.3 is 9.84 Å². The second kappa shape index (κ2) is 5.77. The van der Waals surface area contributed by atoms with E-state index in [1.165, 1.54) is 5.56 Å². The van der Waals surface area contributed by atoms with Crippen molar-refractivity contribution in [2.24, 2.45) is 7.05 Å². The fraction of sp³-hybridized carbons (Fsp3) is 0.438. The van der Waals surface area contributed by atoms with Crippen LogP contribution in [0, 0.1) is 0 Å². The number of ether oxygens (including phenoxy) is 1. The van der Waals surface area contributed by atoms with E-state index in [1.807, 2.05) is 31.6 Å². The summed E-state index contributed by atoms with van der Waals surface area (Å²) in [5.41, 5.74) is 3.58. The molecule has 2 heterocycles. The van der Waals surface area contributed by atoms with Crippen LogP contribution >= 0.6 is 0 Å². The number of fused-ring (bicyclic) bond motifs is 1. The Kier molecular flexibility index (Phi) is 3.85. The topological polar surface area (TPSA) is 47.3 Å². The molecule has 1 N–H and O–H groups in total. The minimum Gasteiger partial charge on any atom is -0.390 e. The molecule has 0 spiro atoms. The lowest BCUT2D eigenvalue weighted by atomic mass is 9.92. The Morgan fingerprint density at radius 2 is 2.30 bits per heavy atom. The van der Waals surface area contributed by atoms with Crippen molar-refractivity contribution in [2.75, 3.05) is 6.61 Å². The number of nitrogens with zero attached hydrogens (tertiary/aromatic N) is 2. The molecule has 1 aromatic carbocycles. The summed E-state index contributed by atoms with van der Waals surface area (Å²) < 4.78 is 7.57. The molecule has 4 nitrogen and oxygen atoms in total. The quantitative estimate of drug-likeness (QED) is 0.926. The molecule has 0 aliphatic carbocycles. The van der Waals surface area contributed by atoms with E-state index in [2.05, 4.69) is 17.2 Å². The fourth-order valence-electron chi connectivity index (χ4n) is 2.81. The van der Waals surface area contributed by atoms with Gasteiger partial charge in [-0.15, -0.1) is 0 Å². The highest BCUT2D eigenvalue weighted by Gasteiger charge is 2.27. The standard InChI is InChI=1S/C16H20N2O2/c1-18-11-12(10-17-18)6-7-15(19)16-14-5-3-2-4-13(14)8-9-20-16/h2-5,10-11,15-16,19H,6-9H2,1H3. The Morgan fingerprint density at radius 3 is 3.10 bits per heavy atom. The number of aryl methyl sites for hydroxylation is 2. The summed E-state index contributed by atoms with van der Waals surface area (Å²) in [6, 6.07) is 8.24. The molecule has 4 heteroatoms. The molecule has 0 fully saturated rings. The van der Waals surface area contributed by atoms with E-state index in [9.17, 15) is 5.11 Å². The maximum Gasteiger partial charge on any atom is 0.109 e. The Morgan fingerprint density at radius 1 is 1.45 bits per heavy atom. The lowest BCUT2D eigenvalue weighted by Crippen LogP contribution is -2.27. The van der Waals surface area contributed by atoms with Gasteiger partial charge in [0.1, 0.15) is 6.10 Å². The van der Waals surface area contributed by atoms with Crippen molar-refractivity contribution in [3.8, 4) is 0 Å². The highest BCUT2D eigenvalue weighted by atomic mass is 16.5. The fourth-order valence-corrected chi connectivity index (χ4v) is 2.81. The molecule has 2 atom stereocenters. The van der Waals surface area contributed by atoms with Gasteiger partial charge in [0, 0.05) is 13.2 Å². The largest absolute Gasteiger partial charge is 0.390 e. The van der Waals surface area contributed by atoms with Crippen LogP contribution in [0.15, 0.2) is 36.7 Å². The van der Waals surface area contributed by atoms with Gasteiger partial charge in [-0.2, -0.15) is 5.10 Å². The summed E-state index contributed by atoms with van der Waals surface area (Å²) in [4.78, 5) is 0. The van der Waals surface area contributed by atoms with Crippen molar-refractivity contribution in [1.82, 2.24) is 9.78 Å². The number of hydrogen-bond donors (Lipinski definition) is 1. The molecule has 1 aromatic heterocycles. The van der Waals surface area contributed by atoms with Crippen LogP contribution in [0.2, 0.25) is 0 Å². The lowest BCUT2D eigenvalue weighted by Gasteiger charge is -2.29. The molecule has 2 aromatic rings. The molecular weight excluding hydrogens is 252 g/mol. The van der Waals surface area contributed by atoms with Crippen molar-refractivity contribution in [3.05, 3.63) is 53.3 Å². The first kappa shape index (κ1) is 13.3. The average molecular weight is 272 g/mol. The molecule has 3 rings (SSSR count). The minimum absolute atomic E-state index is 0.198. The third-order valence-electron chi connectivity index (χ3n) is 3.87. The first-order valence-corrected chi connectivity index (χ1v) is 7.09. The molecule has 0 radical (unpaired) electrons. The van der Waals surface area contributed by atoms with Crippen LogP contribution < -0.4 is 0 Å². The van der Waals surface area contributed by atoms with Crippen LogP contribution in [-0.2, 0) is 24.6 Å². The van der Waals surface area contributed by atoms with Crippen LogP contribution in [0.25, 0.3) is 0 Å². The monoisotopic (exact) mass is 272 g/mol. The third kappa shape index (κ3) is 2.76. The molecular formula is C16H20N2O2. The van der Waals surface area contributed by atoms with Crippen molar-refractivity contribution in [1.29, 1.82) is 0 Å². The zero-order valence-corrected chi connectivity index (χ0v) is 11.7. The summed E-state index contributed by atoms with van der Waals surface area (Å²) in [7, 11) is 1.90. The number of aliphatic hydroxyl groups excluding tert-OH is 1. The molecule has 2 unspecified atom stereocenters. The van der Waals surface area contributed by atoms with E-state index in [-0.39, 0.29) is 6.10 Å². The van der Waals surface area contributed by atoms with Crippen molar-refractivity contribution in [2.45, 2.75) is 31.5 Å². The molecule has 20 heavy (non-hydrogen) atoms. The number of aliphatic hydroxyl groups is 1. The Labute approximate surface area is 119 Å². The van der Waals surface area contributed by atoms with Crippen molar-refractivity contribution >= 4 is 0 Å². The highest BCUT2D eigenvalue weighted by Crippen LogP contribution is 2.31. The van der Waals surface area contributed by atoms with E-state index in [4.69, 9.17) is 4.74 Å². The highest BCUT2D eigenvalue weighted by molar-refractivity contribution is 5.31. The first-order chi connectivity index (χ1) is 9.74. The van der Waals surface area contributed by atoms with Crippen molar-refractivity contribution < 1.29 is 9.84 Å². The van der Waals surface area contributed by atoms with Gasteiger partial charge in [0.2, 0.25) is 0 Å². The SMILES string of the molecule is Cn1cc(CCC(O)C2OCCc3ccccc32)cn1. The second-order valence-corrected chi connectivity index (χ2v) is 5.37. The maximum absolute atomic E-state index is 10.4. The molecule has 1 aliphatic heterocycles. The summed E-state index contributed by atoms with van der Waals surface area (Å²) >= 11 is 0. The number of benzene rings is 1. The van der Waals surface area contributed by atoms with Gasteiger partial charge in [0.05, 0.1) is 18.9 Å². The van der Waals surface area contributed by atoms with Gasteiger partial charge in [-0.3, -0.25) is 4.68 Å². The molecule has 1 aliphatic rings. The van der Waals surface area contributed by atoms with Crippen molar-refractivity contribution in [3.63, 3.8) is 0 Å². The maximum atomic E-state index is 10.4. The zero-order chi connectivity index (χ0) is 13.9. The second-order valence-electron chi connectivity index (χ2n) is 5.37. The zero-order valence-electron chi connectivity index (χ0n) is 11.7. The number of rotatable bonds is 4. The van der Waals surface area contributed by atoms with Gasteiger partial charge in [-0.25, -0.2) is 0 Å². The van der Waals surface area contributed by atoms with Crippen LogP contribution in [0.1, 0.15) is 29.2 Å². The molecule has 0 amide bonds. The van der Waals surface area contributed by atoms with Gasteiger partial charge in [0.15, 0.2) is 0 Å². The van der Waals surface area contributed by atoms with Gasteiger partial charge in [-0.05, 0) is 36.0 Å². The minimum atomic E-state index is -0.475. The van der Waals surface area contributed by atoms with Crippen LogP contribution in [-0.4, -0.2) is 27.6 Å². The Balaban J connectivity index is 1.67. The van der Waals surface area contributed by atoms with Gasteiger partial charge in [0.25, 0.3) is 0 Å². The summed E-state index contributed by atoms with van der Waals surface area (Å²) in [6.07, 6.45) is 5.60. The van der Waals surface area contributed by atoms with Crippen LogP contribution in [0.5, 0.6) is 0 Å². The molecule has 106 valence electrons. The van der Waals surface area contributed by atoms with E-state index in [1.54, 1.807) is 4.68 Å². The van der Waals surface area contributed by atoms with E-state index >= 15 is 0 Å². The summed E-state index contributed by atoms with van der Waals surface area (Å²) in [5, 5.41) is 14.6. The van der Waals surface area contributed by atoms with Crippen LogP contribution in [0.4, 0.5) is 0 Å². The van der Waals surface area contributed by atoms with E-state index < -0.39 is 6.10 Å². The third-order valence-corrected chi connectivity index (χ3v) is 3.87. The Hall–Kier alpha value is -1.65. The first-order valence-electron chi connectivity index (χ1n) is 7.09. The normalized spacial score (nSPS) is 19.6. The average Bonchev–Trinajstić information content (AvgIpc) is 2.90. The predicted molar refractivity (Wildman–Crippen MR) is 76.4 cm³/mol. The predicted octanol–water partition coefficient (Wildman–Crippen LogP) is 2.03. The van der Waals surface area contributed by atoms with E-state index in [0.29, 0.717) is 13.0 Å². The summed E-state index contributed by atoms with van der Waals surface area (Å²) in [6.45, 7) is 0.686. The Bertz CT molecular complexity index is 579. The van der Waals surface area contributed by atoms with Gasteiger partial charge in [-0.1, -0.05) is 24.3 Å². The molecule has 0 saturated carbocycles. The van der Waals surface area contributed by atoms with E-state index in [0.717, 1.165) is 24.0 Å². The van der Waals surface area contributed by atoms with Crippen LogP contribution in [0.3, 0.4) is 0 Å².